The van der Waals surface area contributed by atoms with Crippen molar-refractivity contribution in [2.75, 3.05) is 11.8 Å². The van der Waals surface area contributed by atoms with Crippen LogP contribution in [0.2, 0.25) is 0 Å². The van der Waals surface area contributed by atoms with Gasteiger partial charge in [0.15, 0.2) is 0 Å². The fraction of sp³-hybridized carbons (Fsp3) is 0.143. The van der Waals surface area contributed by atoms with Gasteiger partial charge in [0.2, 0.25) is 0 Å². The zero-order chi connectivity index (χ0) is 15.6. The highest BCUT2D eigenvalue weighted by Crippen LogP contribution is 2.28. The molecule has 0 aliphatic rings. The van der Waals surface area contributed by atoms with Gasteiger partial charge in [-0.15, -0.1) is 0 Å². The molecule has 0 aliphatic carbocycles. The molecule has 0 aromatic heterocycles. The summed E-state index contributed by atoms with van der Waals surface area (Å²) >= 11 is 0. The Kier molecular flexibility index (Phi) is 4.13. The summed E-state index contributed by atoms with van der Waals surface area (Å²) in [6.07, 6.45) is 0. The summed E-state index contributed by atoms with van der Waals surface area (Å²) in [6.45, 7) is 1.55. The van der Waals surface area contributed by atoms with E-state index in [1.807, 2.05) is 0 Å². The molecule has 2 aromatic rings. The Bertz CT molecular complexity index is 776. The molecular weight excluding hydrogens is 300 g/mol. The van der Waals surface area contributed by atoms with Crippen LogP contribution < -0.4 is 9.46 Å². The molecule has 2 rings (SSSR count). The zero-order valence-electron chi connectivity index (χ0n) is 11.4. The molecule has 0 saturated heterocycles. The number of methoxy groups -OCH3 is 1. The lowest BCUT2D eigenvalue weighted by Crippen LogP contribution is -2.15. The number of rotatable bonds is 4. The molecule has 4 nitrogen and oxygen atoms in total. The second kappa shape index (κ2) is 5.69. The number of benzene rings is 2. The molecular formula is C14H13F2NO3S. The third kappa shape index (κ3) is 3.30. The van der Waals surface area contributed by atoms with Gasteiger partial charge in [-0.2, -0.15) is 0 Å². The van der Waals surface area contributed by atoms with Crippen molar-refractivity contribution in [3.63, 3.8) is 0 Å². The van der Waals surface area contributed by atoms with Gasteiger partial charge in [-0.3, -0.25) is 4.72 Å². The highest BCUT2D eigenvalue weighted by atomic mass is 32.2. The molecule has 0 fully saturated rings. The zero-order valence-corrected chi connectivity index (χ0v) is 12.2. The minimum atomic E-state index is -4.00. The van der Waals surface area contributed by atoms with Crippen LogP contribution in [0, 0.1) is 18.6 Å². The molecule has 0 radical (unpaired) electrons. The van der Waals surface area contributed by atoms with Gasteiger partial charge in [-0.25, -0.2) is 17.2 Å². The summed E-state index contributed by atoms with van der Waals surface area (Å²) in [6, 6.07) is 6.85. The lowest BCUT2D eigenvalue weighted by Gasteiger charge is -2.13. The Balaban J connectivity index is 2.45. The standard InChI is InChI=1S/C14H13F2NO3S/c1-9-3-4-11(16)8-14(9)21(18,19)17-12-6-5-10(15)7-13(12)20-2/h3-8,17H,1-2H3. The van der Waals surface area contributed by atoms with Crippen LogP contribution in [0.15, 0.2) is 41.3 Å². The second-order valence-corrected chi connectivity index (χ2v) is 6.01. The van der Waals surface area contributed by atoms with E-state index in [1.54, 1.807) is 6.92 Å². The van der Waals surface area contributed by atoms with Crippen LogP contribution in [-0.4, -0.2) is 15.5 Å². The summed E-state index contributed by atoms with van der Waals surface area (Å²) in [5, 5.41) is 0. The van der Waals surface area contributed by atoms with Crippen LogP contribution in [-0.2, 0) is 10.0 Å². The van der Waals surface area contributed by atoms with Crippen molar-refractivity contribution in [3.8, 4) is 5.75 Å². The Hall–Kier alpha value is -2.15. The molecule has 0 amide bonds. The van der Waals surface area contributed by atoms with Gasteiger partial charge in [0.1, 0.15) is 17.4 Å². The summed E-state index contributed by atoms with van der Waals surface area (Å²) < 4.78 is 58.1. The van der Waals surface area contributed by atoms with E-state index in [9.17, 15) is 17.2 Å². The molecule has 0 saturated carbocycles. The number of hydrogen-bond acceptors (Lipinski definition) is 3. The lowest BCUT2D eigenvalue weighted by molar-refractivity contribution is 0.413. The van der Waals surface area contributed by atoms with Gasteiger partial charge in [0, 0.05) is 6.07 Å². The average Bonchev–Trinajstić information content (AvgIpc) is 2.43. The van der Waals surface area contributed by atoms with Gasteiger partial charge >= 0.3 is 0 Å². The second-order valence-electron chi connectivity index (χ2n) is 4.36. The van der Waals surface area contributed by atoms with Gasteiger partial charge in [0.05, 0.1) is 17.7 Å². The first-order valence-corrected chi connectivity index (χ1v) is 7.44. The SMILES string of the molecule is COc1cc(F)ccc1NS(=O)(=O)c1cc(F)ccc1C. The van der Waals surface area contributed by atoms with E-state index in [-0.39, 0.29) is 16.3 Å². The number of hydrogen-bond donors (Lipinski definition) is 1. The third-order valence-corrected chi connectivity index (χ3v) is 4.36. The van der Waals surface area contributed by atoms with Crippen molar-refractivity contribution in [3.05, 3.63) is 53.6 Å². The third-order valence-electron chi connectivity index (χ3n) is 2.85. The Labute approximate surface area is 121 Å². The number of sulfonamides is 1. The van der Waals surface area contributed by atoms with E-state index in [1.165, 1.54) is 25.3 Å². The molecule has 7 heteroatoms. The van der Waals surface area contributed by atoms with Crippen LogP contribution in [0.25, 0.3) is 0 Å². The van der Waals surface area contributed by atoms with Crippen LogP contribution in [0.5, 0.6) is 5.75 Å². The van der Waals surface area contributed by atoms with Crippen molar-refractivity contribution in [1.29, 1.82) is 0 Å². The molecule has 2 aromatic carbocycles. The lowest BCUT2D eigenvalue weighted by atomic mass is 10.2. The molecule has 0 aliphatic heterocycles. The first-order chi connectivity index (χ1) is 9.83. The first-order valence-electron chi connectivity index (χ1n) is 5.96. The fourth-order valence-electron chi connectivity index (χ4n) is 1.81. The van der Waals surface area contributed by atoms with Gasteiger partial charge in [0.25, 0.3) is 10.0 Å². The number of ether oxygens (including phenoxy) is 1. The molecule has 0 atom stereocenters. The Morgan fingerprint density at radius 3 is 2.33 bits per heavy atom. The highest BCUT2D eigenvalue weighted by Gasteiger charge is 2.19. The summed E-state index contributed by atoms with van der Waals surface area (Å²) in [4.78, 5) is -0.186. The van der Waals surface area contributed by atoms with Gasteiger partial charge < -0.3 is 4.74 Å². The minimum absolute atomic E-state index is 0.0348. The molecule has 0 bridgehead atoms. The maximum absolute atomic E-state index is 13.2. The van der Waals surface area contributed by atoms with Crippen molar-refractivity contribution in [2.24, 2.45) is 0 Å². The smallest absolute Gasteiger partial charge is 0.262 e. The predicted molar refractivity (Wildman–Crippen MR) is 74.9 cm³/mol. The van der Waals surface area contributed by atoms with E-state index in [0.717, 1.165) is 18.2 Å². The quantitative estimate of drug-likeness (QED) is 0.944. The van der Waals surface area contributed by atoms with E-state index < -0.39 is 21.7 Å². The first kappa shape index (κ1) is 15.2. The fourth-order valence-corrected chi connectivity index (χ4v) is 3.14. The van der Waals surface area contributed by atoms with Gasteiger partial charge in [-0.05, 0) is 36.8 Å². The number of anilines is 1. The van der Waals surface area contributed by atoms with Gasteiger partial charge in [-0.1, -0.05) is 6.07 Å². The monoisotopic (exact) mass is 313 g/mol. The van der Waals surface area contributed by atoms with Crippen LogP contribution >= 0.6 is 0 Å². The largest absolute Gasteiger partial charge is 0.494 e. The summed E-state index contributed by atoms with van der Waals surface area (Å²) in [7, 11) is -2.71. The minimum Gasteiger partial charge on any atom is -0.494 e. The molecule has 0 spiro atoms. The van der Waals surface area contributed by atoms with Crippen molar-refractivity contribution in [2.45, 2.75) is 11.8 Å². The molecule has 112 valence electrons. The summed E-state index contributed by atoms with van der Waals surface area (Å²) in [5.41, 5.74) is 0.465. The van der Waals surface area contributed by atoms with Crippen molar-refractivity contribution < 1.29 is 21.9 Å². The van der Waals surface area contributed by atoms with Crippen LogP contribution in [0.3, 0.4) is 0 Å². The molecule has 0 heterocycles. The summed E-state index contributed by atoms with van der Waals surface area (Å²) in [5.74, 6) is -1.18. The Morgan fingerprint density at radius 2 is 1.67 bits per heavy atom. The topological polar surface area (TPSA) is 55.4 Å². The van der Waals surface area contributed by atoms with E-state index >= 15 is 0 Å². The number of halogens is 2. The van der Waals surface area contributed by atoms with E-state index in [4.69, 9.17) is 4.74 Å². The highest BCUT2D eigenvalue weighted by molar-refractivity contribution is 7.92. The molecule has 1 N–H and O–H groups in total. The van der Waals surface area contributed by atoms with E-state index in [0.29, 0.717) is 5.56 Å². The number of aryl methyl sites for hydroxylation is 1. The molecule has 21 heavy (non-hydrogen) atoms. The van der Waals surface area contributed by atoms with Crippen molar-refractivity contribution in [1.82, 2.24) is 0 Å². The predicted octanol–water partition coefficient (Wildman–Crippen LogP) is 3.08. The maximum Gasteiger partial charge on any atom is 0.262 e. The van der Waals surface area contributed by atoms with Crippen LogP contribution in [0.1, 0.15) is 5.56 Å². The number of nitrogens with one attached hydrogen (secondary N) is 1. The van der Waals surface area contributed by atoms with Crippen molar-refractivity contribution >= 4 is 15.7 Å². The molecule has 0 unspecified atom stereocenters. The maximum atomic E-state index is 13.2. The average molecular weight is 313 g/mol. The van der Waals surface area contributed by atoms with E-state index in [2.05, 4.69) is 4.72 Å². The Morgan fingerprint density at radius 1 is 1.05 bits per heavy atom. The normalized spacial score (nSPS) is 11.2. The van der Waals surface area contributed by atoms with Crippen LogP contribution in [0.4, 0.5) is 14.5 Å².